The molecule has 0 saturated carbocycles. The van der Waals surface area contributed by atoms with Crippen molar-refractivity contribution in [3.8, 4) is 0 Å². The molecule has 0 heterocycles. The summed E-state index contributed by atoms with van der Waals surface area (Å²) in [4.78, 5) is 0. The molecule has 0 unspecified atom stereocenters. The summed E-state index contributed by atoms with van der Waals surface area (Å²) in [6.45, 7) is 4.29. The Morgan fingerprint density at radius 2 is 1.47 bits per heavy atom. The van der Waals surface area contributed by atoms with Gasteiger partial charge in [-0.15, -0.1) is 0 Å². The van der Waals surface area contributed by atoms with Crippen molar-refractivity contribution in [2.45, 2.75) is 37.2 Å². The van der Waals surface area contributed by atoms with Crippen molar-refractivity contribution in [2.24, 2.45) is 0 Å². The smallest absolute Gasteiger partial charge is 0.0940 e. The molecule has 2 bridgehead atoms. The lowest BCUT2D eigenvalue weighted by Crippen LogP contribution is -2.38. The SMILES string of the molecule is C[C@@]12C[C@@H](c3ccccc31)[C@@](C)(O)c1ccccc12. The Kier molecular flexibility index (Phi) is 1.95. The minimum Gasteiger partial charge on any atom is -0.385 e. The number of rotatable bonds is 0. The van der Waals surface area contributed by atoms with Crippen molar-refractivity contribution in [3.63, 3.8) is 0 Å². The highest BCUT2D eigenvalue weighted by Gasteiger charge is 2.54. The quantitative estimate of drug-likeness (QED) is 0.756. The highest BCUT2D eigenvalue weighted by molar-refractivity contribution is 5.58. The molecular formula is C18H18O. The Balaban J connectivity index is 2.12. The molecule has 1 N–H and O–H groups in total. The van der Waals surface area contributed by atoms with E-state index in [0.717, 1.165) is 12.0 Å². The molecule has 0 fully saturated rings. The van der Waals surface area contributed by atoms with Crippen LogP contribution in [-0.4, -0.2) is 5.11 Å². The molecule has 2 aliphatic rings. The van der Waals surface area contributed by atoms with E-state index in [1.165, 1.54) is 16.7 Å². The second-order valence-corrected chi connectivity index (χ2v) is 6.37. The number of hydrogen-bond acceptors (Lipinski definition) is 1. The molecule has 0 aliphatic heterocycles. The lowest BCUT2D eigenvalue weighted by Gasteiger charge is -2.41. The summed E-state index contributed by atoms with van der Waals surface area (Å²) >= 11 is 0. The molecule has 0 radical (unpaired) electrons. The molecule has 0 aromatic heterocycles. The van der Waals surface area contributed by atoms with Gasteiger partial charge < -0.3 is 5.11 Å². The van der Waals surface area contributed by atoms with Gasteiger partial charge in [-0.2, -0.15) is 0 Å². The normalized spacial score (nSPS) is 34.8. The molecule has 3 atom stereocenters. The average molecular weight is 250 g/mol. The van der Waals surface area contributed by atoms with E-state index in [9.17, 15) is 5.11 Å². The molecule has 96 valence electrons. The second-order valence-electron chi connectivity index (χ2n) is 6.37. The van der Waals surface area contributed by atoms with E-state index in [2.05, 4.69) is 49.4 Å². The zero-order valence-electron chi connectivity index (χ0n) is 11.4. The molecule has 2 aliphatic carbocycles. The average Bonchev–Trinajstić information content (AvgIpc) is 2.72. The summed E-state index contributed by atoms with van der Waals surface area (Å²) in [7, 11) is 0. The van der Waals surface area contributed by atoms with E-state index in [1.807, 2.05) is 13.0 Å². The van der Waals surface area contributed by atoms with Crippen molar-refractivity contribution in [1.29, 1.82) is 0 Å². The van der Waals surface area contributed by atoms with Crippen LogP contribution in [0.1, 0.15) is 48.4 Å². The summed E-state index contributed by atoms with van der Waals surface area (Å²) in [6, 6.07) is 17.0. The van der Waals surface area contributed by atoms with E-state index in [1.54, 1.807) is 0 Å². The van der Waals surface area contributed by atoms with Crippen molar-refractivity contribution in [1.82, 2.24) is 0 Å². The number of hydrogen-bond donors (Lipinski definition) is 1. The minimum atomic E-state index is -0.761. The van der Waals surface area contributed by atoms with Gasteiger partial charge >= 0.3 is 0 Å². The van der Waals surface area contributed by atoms with Crippen LogP contribution in [0.4, 0.5) is 0 Å². The Bertz CT molecular complexity index is 671. The van der Waals surface area contributed by atoms with Crippen LogP contribution >= 0.6 is 0 Å². The van der Waals surface area contributed by atoms with E-state index < -0.39 is 5.60 Å². The van der Waals surface area contributed by atoms with Crippen LogP contribution in [-0.2, 0) is 11.0 Å². The first-order chi connectivity index (χ1) is 9.05. The van der Waals surface area contributed by atoms with Crippen molar-refractivity contribution in [3.05, 3.63) is 70.8 Å². The molecule has 1 nitrogen and oxygen atoms in total. The third-order valence-electron chi connectivity index (χ3n) is 5.29. The monoisotopic (exact) mass is 250 g/mol. The van der Waals surface area contributed by atoms with Crippen LogP contribution in [0.3, 0.4) is 0 Å². The Hall–Kier alpha value is -1.60. The lowest BCUT2D eigenvalue weighted by molar-refractivity contribution is 0.0137. The summed E-state index contributed by atoms with van der Waals surface area (Å²) in [6.07, 6.45) is 1.01. The molecular weight excluding hydrogens is 232 g/mol. The van der Waals surface area contributed by atoms with Crippen LogP contribution in [0.5, 0.6) is 0 Å². The molecule has 0 amide bonds. The maximum atomic E-state index is 11.1. The van der Waals surface area contributed by atoms with E-state index in [-0.39, 0.29) is 11.3 Å². The van der Waals surface area contributed by atoms with Crippen molar-refractivity contribution < 1.29 is 5.11 Å². The first-order valence-electron chi connectivity index (χ1n) is 6.97. The molecule has 2 aromatic rings. The standard InChI is InChI=1S/C18H18O/c1-17-11-16(12-7-3-4-8-13(12)17)18(2,19)15-10-6-5-9-14(15)17/h3-10,16,19H,11H2,1-2H3/t16-,17+,18-/m0/s1. The van der Waals surface area contributed by atoms with E-state index >= 15 is 0 Å². The second kappa shape index (κ2) is 3.29. The van der Waals surface area contributed by atoms with Gasteiger partial charge in [0.1, 0.15) is 0 Å². The topological polar surface area (TPSA) is 20.2 Å². The zero-order chi connectivity index (χ0) is 13.3. The van der Waals surface area contributed by atoms with Gasteiger partial charge in [-0.3, -0.25) is 0 Å². The summed E-state index contributed by atoms with van der Waals surface area (Å²) in [5, 5.41) is 11.1. The molecule has 2 aromatic carbocycles. The summed E-state index contributed by atoms with van der Waals surface area (Å²) in [5.74, 6) is 0.212. The minimum absolute atomic E-state index is 0.0556. The highest BCUT2D eigenvalue weighted by atomic mass is 16.3. The van der Waals surface area contributed by atoms with Crippen LogP contribution in [0.2, 0.25) is 0 Å². The van der Waals surface area contributed by atoms with E-state index in [0.29, 0.717) is 0 Å². The lowest BCUT2D eigenvalue weighted by atomic mass is 9.65. The third-order valence-corrected chi connectivity index (χ3v) is 5.29. The molecule has 19 heavy (non-hydrogen) atoms. The third kappa shape index (κ3) is 1.19. The Labute approximate surface area is 113 Å². The first-order valence-corrected chi connectivity index (χ1v) is 6.97. The van der Waals surface area contributed by atoms with Crippen molar-refractivity contribution >= 4 is 0 Å². The molecule has 1 heteroatoms. The van der Waals surface area contributed by atoms with Gasteiger partial charge in [-0.25, -0.2) is 0 Å². The number of fused-ring (bicyclic) bond motifs is 7. The highest BCUT2D eigenvalue weighted by Crippen LogP contribution is 2.61. The Morgan fingerprint density at radius 1 is 0.895 bits per heavy atom. The summed E-state index contributed by atoms with van der Waals surface area (Å²) in [5.41, 5.74) is 4.41. The van der Waals surface area contributed by atoms with Crippen LogP contribution in [0.25, 0.3) is 0 Å². The fourth-order valence-corrected chi connectivity index (χ4v) is 4.28. The first kappa shape index (κ1) is 11.2. The maximum absolute atomic E-state index is 11.1. The molecule has 4 rings (SSSR count). The Morgan fingerprint density at radius 3 is 2.21 bits per heavy atom. The fourth-order valence-electron chi connectivity index (χ4n) is 4.28. The maximum Gasteiger partial charge on any atom is 0.0940 e. The van der Waals surface area contributed by atoms with Gasteiger partial charge in [0.15, 0.2) is 0 Å². The molecule has 0 spiro atoms. The van der Waals surface area contributed by atoms with Gasteiger partial charge in [-0.1, -0.05) is 55.5 Å². The van der Waals surface area contributed by atoms with Gasteiger partial charge in [0, 0.05) is 11.3 Å². The predicted octanol–water partition coefficient (Wildman–Crippen LogP) is 3.70. The van der Waals surface area contributed by atoms with Crippen LogP contribution in [0.15, 0.2) is 48.5 Å². The van der Waals surface area contributed by atoms with E-state index in [4.69, 9.17) is 0 Å². The summed E-state index contributed by atoms with van der Waals surface area (Å²) < 4.78 is 0. The van der Waals surface area contributed by atoms with Crippen LogP contribution < -0.4 is 0 Å². The zero-order valence-corrected chi connectivity index (χ0v) is 11.4. The number of benzene rings is 2. The fraction of sp³-hybridized carbons (Fsp3) is 0.333. The number of aliphatic hydroxyl groups is 1. The predicted molar refractivity (Wildman–Crippen MR) is 76.3 cm³/mol. The van der Waals surface area contributed by atoms with Gasteiger partial charge in [0.25, 0.3) is 0 Å². The van der Waals surface area contributed by atoms with Crippen molar-refractivity contribution in [2.75, 3.05) is 0 Å². The largest absolute Gasteiger partial charge is 0.385 e. The van der Waals surface area contributed by atoms with Gasteiger partial charge in [0.05, 0.1) is 5.60 Å². The van der Waals surface area contributed by atoms with Crippen LogP contribution in [0, 0.1) is 0 Å². The molecule has 0 saturated heterocycles. The van der Waals surface area contributed by atoms with Gasteiger partial charge in [0.2, 0.25) is 0 Å². The van der Waals surface area contributed by atoms with Gasteiger partial charge in [-0.05, 0) is 35.6 Å².